The molecule has 1 rings (SSSR count). The number of rotatable bonds is 1. The van der Waals surface area contributed by atoms with E-state index in [0.29, 0.717) is 10.2 Å². The summed E-state index contributed by atoms with van der Waals surface area (Å²) in [6, 6.07) is 0. The maximum Gasteiger partial charge on any atom is 0.275 e. The van der Waals surface area contributed by atoms with Crippen molar-refractivity contribution in [3.05, 3.63) is 21.0 Å². The number of nitrogens with one attached hydrogen (secondary N) is 1. The SMILES string of the molecule is COc1c(Br)c[nH]c(=O)c1N. The van der Waals surface area contributed by atoms with Crippen LogP contribution in [0.4, 0.5) is 5.69 Å². The lowest BCUT2D eigenvalue weighted by Crippen LogP contribution is -2.12. The molecule has 11 heavy (non-hydrogen) atoms. The molecule has 1 aromatic rings. The number of aromatic amines is 1. The van der Waals surface area contributed by atoms with Gasteiger partial charge in [-0.15, -0.1) is 0 Å². The van der Waals surface area contributed by atoms with E-state index in [4.69, 9.17) is 10.5 Å². The second-order valence-electron chi connectivity index (χ2n) is 1.91. The number of ether oxygens (including phenoxy) is 1. The van der Waals surface area contributed by atoms with Crippen molar-refractivity contribution < 1.29 is 4.74 Å². The topological polar surface area (TPSA) is 68.1 Å². The van der Waals surface area contributed by atoms with Gasteiger partial charge in [-0.25, -0.2) is 0 Å². The first-order valence-corrected chi connectivity index (χ1v) is 3.66. The zero-order chi connectivity index (χ0) is 8.43. The van der Waals surface area contributed by atoms with Crippen LogP contribution in [-0.2, 0) is 0 Å². The number of anilines is 1. The predicted molar refractivity (Wildman–Crippen MR) is 45.7 cm³/mol. The number of aromatic nitrogens is 1. The molecule has 0 unspecified atom stereocenters. The minimum atomic E-state index is -0.343. The van der Waals surface area contributed by atoms with Crippen molar-refractivity contribution in [2.24, 2.45) is 0 Å². The lowest BCUT2D eigenvalue weighted by atomic mass is 10.4. The molecule has 0 fully saturated rings. The van der Waals surface area contributed by atoms with Crippen LogP contribution in [0.5, 0.6) is 5.75 Å². The van der Waals surface area contributed by atoms with E-state index in [0.717, 1.165) is 0 Å². The summed E-state index contributed by atoms with van der Waals surface area (Å²) in [6.45, 7) is 0. The van der Waals surface area contributed by atoms with E-state index in [1.165, 1.54) is 13.3 Å². The molecule has 0 bridgehead atoms. The quantitative estimate of drug-likeness (QED) is 0.731. The van der Waals surface area contributed by atoms with Gasteiger partial charge in [0.15, 0.2) is 5.75 Å². The molecule has 4 nitrogen and oxygen atoms in total. The van der Waals surface area contributed by atoms with Gasteiger partial charge in [-0.05, 0) is 15.9 Å². The Bertz CT molecular complexity index is 321. The molecule has 0 atom stereocenters. The molecule has 0 aliphatic carbocycles. The molecule has 0 saturated heterocycles. The molecule has 0 aliphatic heterocycles. The third-order valence-corrected chi connectivity index (χ3v) is 1.83. The molecule has 1 heterocycles. The van der Waals surface area contributed by atoms with Gasteiger partial charge in [0.1, 0.15) is 5.69 Å². The standard InChI is InChI=1S/C6H7BrN2O2/c1-11-5-3(7)2-9-6(10)4(5)8/h2H,8H2,1H3,(H,9,10). The van der Waals surface area contributed by atoms with E-state index in [2.05, 4.69) is 20.9 Å². The van der Waals surface area contributed by atoms with Crippen LogP contribution >= 0.6 is 15.9 Å². The van der Waals surface area contributed by atoms with Crippen molar-refractivity contribution in [3.8, 4) is 5.75 Å². The summed E-state index contributed by atoms with van der Waals surface area (Å²) in [4.78, 5) is 13.3. The average molecular weight is 219 g/mol. The first-order valence-electron chi connectivity index (χ1n) is 2.87. The highest BCUT2D eigenvalue weighted by atomic mass is 79.9. The van der Waals surface area contributed by atoms with E-state index in [1.54, 1.807) is 0 Å². The Balaban J connectivity index is 3.41. The minimum Gasteiger partial charge on any atom is -0.493 e. The number of H-pyrrole nitrogens is 1. The lowest BCUT2D eigenvalue weighted by molar-refractivity contribution is 0.413. The van der Waals surface area contributed by atoms with Crippen molar-refractivity contribution in [3.63, 3.8) is 0 Å². The number of nitrogens with two attached hydrogens (primary N) is 1. The minimum absolute atomic E-state index is 0.0851. The summed E-state index contributed by atoms with van der Waals surface area (Å²) < 4.78 is 5.50. The van der Waals surface area contributed by atoms with Gasteiger partial charge in [0, 0.05) is 6.20 Å². The average Bonchev–Trinajstić information content (AvgIpc) is 1.99. The highest BCUT2D eigenvalue weighted by Crippen LogP contribution is 2.26. The van der Waals surface area contributed by atoms with Crippen LogP contribution in [0.1, 0.15) is 0 Å². The maximum absolute atomic E-state index is 10.9. The molecule has 3 N–H and O–H groups in total. The zero-order valence-corrected chi connectivity index (χ0v) is 7.44. The first kappa shape index (κ1) is 8.13. The summed E-state index contributed by atoms with van der Waals surface area (Å²) in [5.74, 6) is 0.369. The van der Waals surface area contributed by atoms with Gasteiger partial charge in [-0.3, -0.25) is 4.79 Å². The summed E-state index contributed by atoms with van der Waals surface area (Å²) in [7, 11) is 1.45. The van der Waals surface area contributed by atoms with Crippen LogP contribution in [0.3, 0.4) is 0 Å². The molecule has 5 heteroatoms. The highest BCUT2D eigenvalue weighted by molar-refractivity contribution is 9.10. The Morgan fingerprint density at radius 2 is 2.36 bits per heavy atom. The maximum atomic E-state index is 10.9. The largest absolute Gasteiger partial charge is 0.493 e. The number of hydrogen-bond acceptors (Lipinski definition) is 3. The van der Waals surface area contributed by atoms with E-state index in [-0.39, 0.29) is 11.2 Å². The molecule has 0 spiro atoms. The molecule has 0 radical (unpaired) electrons. The number of halogens is 1. The summed E-state index contributed by atoms with van der Waals surface area (Å²) in [6.07, 6.45) is 1.48. The molecule has 0 amide bonds. The predicted octanol–water partition coefficient (Wildman–Crippen LogP) is 0.728. The van der Waals surface area contributed by atoms with E-state index in [1.807, 2.05) is 0 Å². The number of methoxy groups -OCH3 is 1. The van der Waals surface area contributed by atoms with E-state index in [9.17, 15) is 4.79 Å². The molecular formula is C6H7BrN2O2. The van der Waals surface area contributed by atoms with Gasteiger partial charge in [-0.1, -0.05) is 0 Å². The van der Waals surface area contributed by atoms with Crippen molar-refractivity contribution in [1.29, 1.82) is 0 Å². The van der Waals surface area contributed by atoms with Crippen LogP contribution in [-0.4, -0.2) is 12.1 Å². The second-order valence-corrected chi connectivity index (χ2v) is 2.77. The fourth-order valence-electron chi connectivity index (χ4n) is 0.711. The van der Waals surface area contributed by atoms with Crippen LogP contribution in [0.15, 0.2) is 15.5 Å². The van der Waals surface area contributed by atoms with E-state index >= 15 is 0 Å². The molecular weight excluding hydrogens is 212 g/mol. The van der Waals surface area contributed by atoms with Crippen LogP contribution in [0.25, 0.3) is 0 Å². The van der Waals surface area contributed by atoms with Gasteiger partial charge in [0.05, 0.1) is 11.6 Å². The molecule has 0 aliphatic rings. The lowest BCUT2D eigenvalue weighted by Gasteiger charge is -2.03. The third kappa shape index (κ3) is 1.37. The van der Waals surface area contributed by atoms with Crippen molar-refractivity contribution in [2.75, 3.05) is 12.8 Å². The van der Waals surface area contributed by atoms with Crippen LogP contribution in [0, 0.1) is 0 Å². The van der Waals surface area contributed by atoms with Crippen LogP contribution < -0.4 is 16.0 Å². The fraction of sp³-hybridized carbons (Fsp3) is 0.167. The van der Waals surface area contributed by atoms with Crippen LogP contribution in [0.2, 0.25) is 0 Å². The normalized spacial score (nSPS) is 9.64. The number of hydrogen-bond donors (Lipinski definition) is 2. The Morgan fingerprint density at radius 1 is 1.73 bits per heavy atom. The second kappa shape index (κ2) is 2.96. The Labute approximate surface area is 71.5 Å². The van der Waals surface area contributed by atoms with Gasteiger partial charge in [0.25, 0.3) is 5.56 Å². The van der Waals surface area contributed by atoms with E-state index < -0.39 is 0 Å². The molecule has 0 saturated carbocycles. The van der Waals surface area contributed by atoms with Gasteiger partial charge >= 0.3 is 0 Å². The van der Waals surface area contributed by atoms with Gasteiger partial charge in [0.2, 0.25) is 0 Å². The molecule has 1 aromatic heterocycles. The Kier molecular flexibility index (Phi) is 2.19. The van der Waals surface area contributed by atoms with Crippen molar-refractivity contribution in [2.45, 2.75) is 0 Å². The smallest absolute Gasteiger partial charge is 0.275 e. The molecule has 0 aromatic carbocycles. The summed E-state index contributed by atoms with van der Waals surface area (Å²) in [5, 5.41) is 0. The molecule has 60 valence electrons. The fourth-order valence-corrected chi connectivity index (χ4v) is 1.20. The van der Waals surface area contributed by atoms with Crippen molar-refractivity contribution in [1.82, 2.24) is 4.98 Å². The summed E-state index contributed by atoms with van der Waals surface area (Å²) in [5.41, 5.74) is 5.14. The van der Waals surface area contributed by atoms with Crippen molar-refractivity contribution >= 4 is 21.6 Å². The zero-order valence-electron chi connectivity index (χ0n) is 5.85. The van der Waals surface area contributed by atoms with Gasteiger partial charge < -0.3 is 15.5 Å². The first-order chi connectivity index (χ1) is 5.16. The third-order valence-electron chi connectivity index (χ3n) is 1.24. The Hall–Kier alpha value is -0.970. The number of nitrogen functional groups attached to an aromatic ring is 1. The van der Waals surface area contributed by atoms with Gasteiger partial charge in [-0.2, -0.15) is 0 Å². The highest BCUT2D eigenvalue weighted by Gasteiger charge is 2.06. The monoisotopic (exact) mass is 218 g/mol. The Morgan fingerprint density at radius 3 is 2.82 bits per heavy atom. The number of pyridine rings is 1. The summed E-state index contributed by atoms with van der Waals surface area (Å²) >= 11 is 3.17.